The molecule has 5 rings (SSSR count). The van der Waals surface area contributed by atoms with Crippen molar-refractivity contribution in [3.05, 3.63) is 47.5 Å². The number of hydrogen-bond donors (Lipinski definition) is 0. The summed E-state index contributed by atoms with van der Waals surface area (Å²) in [6.45, 7) is 4.03. The SMILES string of the molecule is CCc1nc(C)cc(-n2ncc3ccc([C@]4(C#N)CC45CC5)cc32)n1. The molecule has 1 spiro atoms. The molecule has 2 fully saturated rings. The number of aryl methyl sites for hydroxylation is 2. The van der Waals surface area contributed by atoms with Crippen molar-refractivity contribution >= 4 is 10.9 Å². The maximum atomic E-state index is 9.81. The van der Waals surface area contributed by atoms with Gasteiger partial charge < -0.3 is 0 Å². The summed E-state index contributed by atoms with van der Waals surface area (Å²) < 4.78 is 1.87. The topological polar surface area (TPSA) is 67.4 Å². The van der Waals surface area contributed by atoms with Crippen molar-refractivity contribution in [3.63, 3.8) is 0 Å². The van der Waals surface area contributed by atoms with E-state index in [1.165, 1.54) is 12.8 Å². The van der Waals surface area contributed by atoms with Crippen LogP contribution in [0.25, 0.3) is 16.7 Å². The van der Waals surface area contributed by atoms with E-state index in [0.29, 0.717) is 0 Å². The summed E-state index contributed by atoms with van der Waals surface area (Å²) in [5.74, 6) is 1.61. The van der Waals surface area contributed by atoms with Crippen molar-refractivity contribution in [3.8, 4) is 11.9 Å². The van der Waals surface area contributed by atoms with Gasteiger partial charge in [-0.3, -0.25) is 0 Å². The number of nitrogens with zero attached hydrogens (tertiary/aromatic N) is 5. The van der Waals surface area contributed by atoms with Crippen LogP contribution in [0.4, 0.5) is 0 Å². The number of rotatable bonds is 3. The summed E-state index contributed by atoms with van der Waals surface area (Å²) in [6.07, 6.45) is 6.02. The van der Waals surface area contributed by atoms with E-state index < -0.39 is 0 Å². The highest BCUT2D eigenvalue weighted by Crippen LogP contribution is 2.78. The molecular weight excluding hydrogens is 310 g/mol. The average Bonchev–Trinajstić information content (AvgIpc) is 3.50. The molecule has 5 heteroatoms. The minimum absolute atomic E-state index is 0.265. The zero-order valence-electron chi connectivity index (χ0n) is 14.5. The maximum absolute atomic E-state index is 9.81. The van der Waals surface area contributed by atoms with Crippen molar-refractivity contribution in [1.82, 2.24) is 19.7 Å². The molecule has 0 radical (unpaired) electrons. The number of fused-ring (bicyclic) bond motifs is 1. The van der Waals surface area contributed by atoms with Crippen LogP contribution in [0.15, 0.2) is 30.5 Å². The smallest absolute Gasteiger partial charge is 0.157 e. The Morgan fingerprint density at radius 2 is 2.08 bits per heavy atom. The van der Waals surface area contributed by atoms with Gasteiger partial charge in [-0.05, 0) is 43.2 Å². The van der Waals surface area contributed by atoms with Crippen molar-refractivity contribution < 1.29 is 0 Å². The van der Waals surface area contributed by atoms with Crippen LogP contribution >= 0.6 is 0 Å². The third kappa shape index (κ3) is 1.91. The molecule has 0 bridgehead atoms. The molecule has 0 saturated heterocycles. The molecule has 2 saturated carbocycles. The third-order valence-corrected chi connectivity index (χ3v) is 5.91. The van der Waals surface area contributed by atoms with Gasteiger partial charge in [-0.2, -0.15) is 10.4 Å². The molecule has 2 heterocycles. The molecule has 0 unspecified atom stereocenters. The minimum atomic E-state index is -0.285. The molecule has 0 N–H and O–H groups in total. The predicted molar refractivity (Wildman–Crippen MR) is 94.4 cm³/mol. The molecule has 2 aliphatic carbocycles. The summed E-state index contributed by atoms with van der Waals surface area (Å²) in [4.78, 5) is 9.09. The van der Waals surface area contributed by atoms with Crippen molar-refractivity contribution in [2.24, 2.45) is 5.41 Å². The molecule has 1 atom stereocenters. The highest BCUT2D eigenvalue weighted by Gasteiger charge is 2.75. The standard InChI is InChI=1S/C20H19N5/c1-3-17-23-13(2)8-18(24-17)25-16-9-15(5-4-14(16)10-22-25)20(12-21)11-19(20)6-7-19/h4-5,8-10H,3,6-7,11H2,1-2H3/t20-/m1/s1. The molecule has 0 amide bonds. The van der Waals surface area contributed by atoms with Gasteiger partial charge in [0, 0.05) is 23.6 Å². The first-order valence-corrected chi connectivity index (χ1v) is 8.85. The molecule has 5 nitrogen and oxygen atoms in total. The van der Waals surface area contributed by atoms with E-state index in [1.807, 2.05) is 23.9 Å². The van der Waals surface area contributed by atoms with Crippen LogP contribution in [0.3, 0.4) is 0 Å². The first-order chi connectivity index (χ1) is 12.1. The predicted octanol–water partition coefficient (Wildman–Crippen LogP) is 3.63. The normalized spacial score (nSPS) is 22.9. The van der Waals surface area contributed by atoms with Crippen LogP contribution in [0.5, 0.6) is 0 Å². The van der Waals surface area contributed by atoms with E-state index in [0.717, 1.165) is 46.6 Å². The molecule has 1 aromatic carbocycles. The monoisotopic (exact) mass is 329 g/mol. The van der Waals surface area contributed by atoms with Gasteiger partial charge in [0.15, 0.2) is 5.82 Å². The molecule has 3 aromatic rings. The van der Waals surface area contributed by atoms with Gasteiger partial charge in [-0.1, -0.05) is 19.1 Å². The highest BCUT2D eigenvalue weighted by molar-refractivity contribution is 5.81. The first kappa shape index (κ1) is 14.6. The number of nitriles is 1. The van der Waals surface area contributed by atoms with E-state index >= 15 is 0 Å². The first-order valence-electron chi connectivity index (χ1n) is 8.85. The Labute approximate surface area is 146 Å². The van der Waals surface area contributed by atoms with E-state index in [2.05, 4.69) is 46.3 Å². The zero-order valence-corrected chi connectivity index (χ0v) is 14.5. The fraction of sp³-hybridized carbons (Fsp3) is 0.400. The lowest BCUT2D eigenvalue weighted by Crippen LogP contribution is -2.08. The van der Waals surface area contributed by atoms with Crippen LogP contribution in [-0.2, 0) is 11.8 Å². The Morgan fingerprint density at radius 3 is 2.76 bits per heavy atom. The van der Waals surface area contributed by atoms with Gasteiger partial charge in [0.2, 0.25) is 0 Å². The second-order valence-corrected chi connectivity index (χ2v) is 7.44. The van der Waals surface area contributed by atoms with Gasteiger partial charge in [0.25, 0.3) is 0 Å². The third-order valence-electron chi connectivity index (χ3n) is 5.91. The van der Waals surface area contributed by atoms with Crippen molar-refractivity contribution in [1.29, 1.82) is 5.26 Å². The summed E-state index contributed by atoms with van der Waals surface area (Å²) in [7, 11) is 0. The van der Waals surface area contributed by atoms with Crippen LogP contribution in [0.2, 0.25) is 0 Å². The minimum Gasteiger partial charge on any atom is -0.238 e. The fourth-order valence-electron chi connectivity index (χ4n) is 4.19. The van der Waals surface area contributed by atoms with Crippen molar-refractivity contribution in [2.75, 3.05) is 0 Å². The van der Waals surface area contributed by atoms with Gasteiger partial charge in [0.05, 0.1) is 23.2 Å². The van der Waals surface area contributed by atoms with E-state index in [-0.39, 0.29) is 10.8 Å². The summed E-state index contributed by atoms with van der Waals surface area (Å²) >= 11 is 0. The average molecular weight is 329 g/mol. The van der Waals surface area contributed by atoms with Crippen LogP contribution in [-0.4, -0.2) is 19.7 Å². The molecular formula is C20H19N5. The summed E-state index contributed by atoms with van der Waals surface area (Å²) in [6, 6.07) is 10.9. The van der Waals surface area contributed by atoms with Crippen LogP contribution < -0.4 is 0 Å². The van der Waals surface area contributed by atoms with Gasteiger partial charge in [-0.15, -0.1) is 0 Å². The lowest BCUT2D eigenvalue weighted by atomic mass is 9.93. The highest BCUT2D eigenvalue weighted by atomic mass is 15.3. The van der Waals surface area contributed by atoms with Crippen LogP contribution in [0, 0.1) is 23.7 Å². The van der Waals surface area contributed by atoms with E-state index in [4.69, 9.17) is 0 Å². The molecule has 25 heavy (non-hydrogen) atoms. The Morgan fingerprint density at radius 1 is 1.24 bits per heavy atom. The second kappa shape index (κ2) is 4.66. The molecule has 2 aromatic heterocycles. The lowest BCUT2D eigenvalue weighted by Gasteiger charge is -2.10. The van der Waals surface area contributed by atoms with Gasteiger partial charge in [-0.25, -0.2) is 14.6 Å². The van der Waals surface area contributed by atoms with Crippen LogP contribution in [0.1, 0.15) is 43.3 Å². The largest absolute Gasteiger partial charge is 0.238 e. The van der Waals surface area contributed by atoms with Gasteiger partial charge in [0.1, 0.15) is 5.82 Å². The number of aromatic nitrogens is 4. The Kier molecular flexibility index (Phi) is 2.72. The number of benzene rings is 1. The molecule has 2 aliphatic rings. The van der Waals surface area contributed by atoms with E-state index in [1.54, 1.807) is 0 Å². The van der Waals surface area contributed by atoms with E-state index in [9.17, 15) is 5.26 Å². The van der Waals surface area contributed by atoms with Gasteiger partial charge >= 0.3 is 0 Å². The summed E-state index contributed by atoms with van der Waals surface area (Å²) in [5, 5.41) is 15.4. The Bertz CT molecular complexity index is 1050. The number of hydrogen-bond acceptors (Lipinski definition) is 4. The maximum Gasteiger partial charge on any atom is 0.157 e. The molecule has 124 valence electrons. The quantitative estimate of drug-likeness (QED) is 0.736. The zero-order chi connectivity index (χ0) is 17.2. The second-order valence-electron chi connectivity index (χ2n) is 7.44. The summed E-state index contributed by atoms with van der Waals surface area (Å²) in [5.41, 5.74) is 3.06. The Balaban J connectivity index is 1.67. The van der Waals surface area contributed by atoms with Crippen molar-refractivity contribution in [2.45, 2.75) is 44.9 Å². The molecule has 0 aliphatic heterocycles. The lowest BCUT2D eigenvalue weighted by molar-refractivity contribution is 0.737. The fourth-order valence-corrected chi connectivity index (χ4v) is 4.19. The Hall–Kier alpha value is -2.74.